The highest BCUT2D eigenvalue weighted by Crippen LogP contribution is 2.43. The summed E-state index contributed by atoms with van der Waals surface area (Å²) in [4.78, 5) is 11.6. The Morgan fingerprint density at radius 2 is 1.54 bits per heavy atom. The van der Waals surface area contributed by atoms with Crippen LogP contribution in [0.4, 0.5) is 4.39 Å². The van der Waals surface area contributed by atoms with Gasteiger partial charge in [-0.05, 0) is 58.5 Å². The molecule has 0 atom stereocenters. The quantitative estimate of drug-likeness (QED) is 0.476. The van der Waals surface area contributed by atoms with E-state index in [-0.39, 0.29) is 16.4 Å². The van der Waals surface area contributed by atoms with Crippen LogP contribution in [0.3, 0.4) is 0 Å². The topological polar surface area (TPSA) is 26.3 Å². The molecule has 3 heteroatoms. The summed E-state index contributed by atoms with van der Waals surface area (Å²) in [5.74, 6) is -1.29. The van der Waals surface area contributed by atoms with E-state index < -0.39 is 11.8 Å². The summed E-state index contributed by atoms with van der Waals surface area (Å²) in [5, 5.41) is 0. The van der Waals surface area contributed by atoms with E-state index in [0.29, 0.717) is 5.56 Å². The van der Waals surface area contributed by atoms with Gasteiger partial charge in [0.15, 0.2) is 0 Å². The van der Waals surface area contributed by atoms with Crippen LogP contribution in [-0.4, -0.2) is 13.1 Å². The second-order valence-electron chi connectivity index (χ2n) is 8.65. The SMILES string of the molecule is C=C(c1ccc(C(=O)OC)c(F)c1)c1cc2c(cc1C)C(C)(C)C=CC2(C)C. The number of hydrogen-bond acceptors (Lipinski definition) is 2. The van der Waals surface area contributed by atoms with E-state index in [9.17, 15) is 9.18 Å². The zero-order chi connectivity index (χ0) is 20.9. The number of halogens is 1. The first-order valence-corrected chi connectivity index (χ1v) is 9.41. The minimum atomic E-state index is -0.685. The first kappa shape index (κ1) is 20.1. The molecule has 2 aromatic rings. The van der Waals surface area contributed by atoms with Gasteiger partial charge in [-0.1, -0.05) is 58.6 Å². The van der Waals surface area contributed by atoms with Crippen LogP contribution < -0.4 is 0 Å². The van der Waals surface area contributed by atoms with Gasteiger partial charge in [0.05, 0.1) is 12.7 Å². The number of aryl methyl sites for hydroxylation is 1. The van der Waals surface area contributed by atoms with Crippen molar-refractivity contribution in [3.63, 3.8) is 0 Å². The molecule has 1 aliphatic carbocycles. The van der Waals surface area contributed by atoms with Crippen molar-refractivity contribution in [3.05, 3.63) is 88.3 Å². The van der Waals surface area contributed by atoms with Crippen LogP contribution in [0.1, 0.15) is 65.9 Å². The van der Waals surface area contributed by atoms with Gasteiger partial charge in [0.2, 0.25) is 0 Å². The van der Waals surface area contributed by atoms with Gasteiger partial charge >= 0.3 is 5.97 Å². The summed E-state index contributed by atoms with van der Waals surface area (Å²) >= 11 is 0. The number of methoxy groups -OCH3 is 1. The van der Waals surface area contributed by atoms with Gasteiger partial charge in [-0.2, -0.15) is 0 Å². The van der Waals surface area contributed by atoms with Gasteiger partial charge < -0.3 is 4.74 Å². The average Bonchev–Trinajstić information content (AvgIpc) is 2.64. The molecule has 2 nitrogen and oxygen atoms in total. The largest absolute Gasteiger partial charge is 0.465 e. The molecule has 0 N–H and O–H groups in total. The molecule has 0 radical (unpaired) electrons. The van der Waals surface area contributed by atoms with Crippen molar-refractivity contribution in [1.82, 2.24) is 0 Å². The molecule has 0 amide bonds. The molecule has 0 aliphatic heterocycles. The maximum atomic E-state index is 14.4. The van der Waals surface area contributed by atoms with Crippen LogP contribution in [0.2, 0.25) is 0 Å². The standard InChI is InChI=1S/C25H27FO2/c1-15-12-20-21(25(5,6)11-10-24(20,3)4)14-19(15)16(2)17-8-9-18(22(26)13-17)23(27)28-7/h8-14H,2H2,1,3-7H3. The first-order valence-electron chi connectivity index (χ1n) is 9.41. The van der Waals surface area contributed by atoms with Crippen LogP contribution >= 0.6 is 0 Å². The van der Waals surface area contributed by atoms with E-state index in [1.54, 1.807) is 6.07 Å². The fraction of sp³-hybridized carbons (Fsp3) is 0.320. The Morgan fingerprint density at radius 1 is 0.964 bits per heavy atom. The van der Waals surface area contributed by atoms with Crippen molar-refractivity contribution in [2.75, 3.05) is 7.11 Å². The number of rotatable bonds is 3. The number of ether oxygens (including phenoxy) is 1. The lowest BCUT2D eigenvalue weighted by atomic mass is 9.67. The predicted molar refractivity (Wildman–Crippen MR) is 112 cm³/mol. The fourth-order valence-electron chi connectivity index (χ4n) is 3.83. The van der Waals surface area contributed by atoms with E-state index in [2.05, 4.69) is 70.2 Å². The van der Waals surface area contributed by atoms with Crippen LogP contribution in [0.25, 0.3) is 5.57 Å². The van der Waals surface area contributed by atoms with Gasteiger partial charge in [0, 0.05) is 10.8 Å². The Hall–Kier alpha value is -2.68. The normalized spacial score (nSPS) is 16.4. The highest BCUT2D eigenvalue weighted by atomic mass is 19.1. The van der Waals surface area contributed by atoms with Crippen molar-refractivity contribution in [3.8, 4) is 0 Å². The third-order valence-corrected chi connectivity index (χ3v) is 5.72. The second kappa shape index (κ2) is 6.73. The van der Waals surface area contributed by atoms with Gasteiger partial charge in [0.25, 0.3) is 0 Å². The molecule has 0 saturated heterocycles. The molecule has 0 bridgehead atoms. The summed E-state index contributed by atoms with van der Waals surface area (Å²) in [6.45, 7) is 15.1. The van der Waals surface area contributed by atoms with Crippen molar-refractivity contribution in [2.45, 2.75) is 45.4 Å². The molecular formula is C25H27FO2. The maximum Gasteiger partial charge on any atom is 0.340 e. The Balaban J connectivity index is 2.10. The molecule has 28 heavy (non-hydrogen) atoms. The third kappa shape index (κ3) is 3.30. The fourth-order valence-corrected chi connectivity index (χ4v) is 3.83. The molecule has 146 valence electrons. The van der Waals surface area contributed by atoms with Gasteiger partial charge in [-0.3, -0.25) is 0 Å². The minimum absolute atomic E-state index is 0.0379. The van der Waals surface area contributed by atoms with E-state index in [0.717, 1.165) is 16.7 Å². The Morgan fingerprint density at radius 3 is 2.07 bits per heavy atom. The van der Waals surface area contributed by atoms with Crippen molar-refractivity contribution in [1.29, 1.82) is 0 Å². The molecule has 0 spiro atoms. The predicted octanol–water partition coefficient (Wildman–Crippen LogP) is 6.11. The molecule has 0 unspecified atom stereocenters. The number of esters is 1. The number of carbonyl (C=O) groups is 1. The zero-order valence-electron chi connectivity index (χ0n) is 17.4. The van der Waals surface area contributed by atoms with Crippen LogP contribution in [0.5, 0.6) is 0 Å². The average molecular weight is 378 g/mol. The van der Waals surface area contributed by atoms with Crippen molar-refractivity contribution >= 4 is 11.5 Å². The molecule has 0 heterocycles. The van der Waals surface area contributed by atoms with E-state index >= 15 is 0 Å². The van der Waals surface area contributed by atoms with E-state index in [4.69, 9.17) is 0 Å². The molecule has 0 aromatic heterocycles. The monoisotopic (exact) mass is 378 g/mol. The summed E-state index contributed by atoms with van der Waals surface area (Å²) in [7, 11) is 1.24. The number of fused-ring (bicyclic) bond motifs is 1. The van der Waals surface area contributed by atoms with Gasteiger partial charge in [-0.15, -0.1) is 0 Å². The molecule has 0 fully saturated rings. The smallest absolute Gasteiger partial charge is 0.340 e. The third-order valence-electron chi connectivity index (χ3n) is 5.72. The maximum absolute atomic E-state index is 14.4. The lowest BCUT2D eigenvalue weighted by molar-refractivity contribution is 0.0595. The second-order valence-corrected chi connectivity index (χ2v) is 8.65. The summed E-state index contributed by atoms with van der Waals surface area (Å²) < 4.78 is 19.0. The van der Waals surface area contributed by atoms with Crippen LogP contribution in [0, 0.1) is 12.7 Å². The highest BCUT2D eigenvalue weighted by Gasteiger charge is 2.33. The summed E-state index contributed by atoms with van der Waals surface area (Å²) in [6.07, 6.45) is 4.52. The first-order chi connectivity index (χ1) is 13.0. The van der Waals surface area contributed by atoms with Crippen molar-refractivity contribution < 1.29 is 13.9 Å². The zero-order valence-corrected chi connectivity index (χ0v) is 17.4. The number of hydrogen-bond donors (Lipinski definition) is 0. The molecule has 0 saturated carbocycles. The van der Waals surface area contributed by atoms with E-state index in [1.807, 2.05) is 0 Å². The Kier molecular flexibility index (Phi) is 4.82. The number of allylic oxidation sites excluding steroid dienone is 2. The molecule has 3 rings (SSSR count). The molecular weight excluding hydrogens is 351 g/mol. The lowest BCUT2D eigenvalue weighted by Gasteiger charge is -2.37. The van der Waals surface area contributed by atoms with Crippen LogP contribution in [-0.2, 0) is 15.6 Å². The summed E-state index contributed by atoms with van der Waals surface area (Å²) in [5.41, 5.74) is 5.83. The Labute approximate surface area is 166 Å². The number of benzene rings is 2. The lowest BCUT2D eigenvalue weighted by Crippen LogP contribution is -2.29. The van der Waals surface area contributed by atoms with Crippen molar-refractivity contribution in [2.24, 2.45) is 0 Å². The number of carbonyl (C=O) groups excluding carboxylic acids is 1. The van der Waals surface area contributed by atoms with Gasteiger partial charge in [0.1, 0.15) is 5.82 Å². The van der Waals surface area contributed by atoms with Gasteiger partial charge in [-0.25, -0.2) is 9.18 Å². The summed E-state index contributed by atoms with van der Waals surface area (Å²) in [6, 6.07) is 8.92. The van der Waals surface area contributed by atoms with E-state index in [1.165, 1.54) is 30.4 Å². The molecule has 2 aromatic carbocycles. The highest BCUT2D eigenvalue weighted by molar-refractivity contribution is 5.90. The van der Waals surface area contributed by atoms with Crippen LogP contribution in [0.15, 0.2) is 49.1 Å². The minimum Gasteiger partial charge on any atom is -0.465 e. The Bertz CT molecular complexity index is 1010. The molecule has 1 aliphatic rings.